The van der Waals surface area contributed by atoms with Gasteiger partial charge in [0.05, 0.1) is 6.61 Å². The van der Waals surface area contributed by atoms with Gasteiger partial charge in [-0.3, -0.25) is 0 Å². The summed E-state index contributed by atoms with van der Waals surface area (Å²) >= 11 is 0. The first-order chi connectivity index (χ1) is 11.5. The van der Waals surface area contributed by atoms with Gasteiger partial charge in [-0.2, -0.15) is 0 Å². The highest BCUT2D eigenvalue weighted by Crippen LogP contribution is 2.29. The van der Waals surface area contributed by atoms with E-state index in [4.69, 9.17) is 4.74 Å². The first-order valence-electron chi connectivity index (χ1n) is 9.02. The van der Waals surface area contributed by atoms with Gasteiger partial charge in [-0.05, 0) is 53.6 Å². The number of hydrogen-bond acceptors (Lipinski definition) is 2. The van der Waals surface area contributed by atoms with E-state index in [1.165, 1.54) is 30.4 Å². The van der Waals surface area contributed by atoms with Gasteiger partial charge in [-0.1, -0.05) is 64.3 Å². The van der Waals surface area contributed by atoms with Crippen LogP contribution in [0.3, 0.4) is 0 Å². The minimum Gasteiger partial charge on any atom is -0.508 e. The summed E-state index contributed by atoms with van der Waals surface area (Å²) in [5, 5.41) is 9.41. The summed E-state index contributed by atoms with van der Waals surface area (Å²) in [5.74, 6) is 1.27. The fraction of sp³-hybridized carbons (Fsp3) is 0.455. The van der Waals surface area contributed by atoms with Crippen molar-refractivity contribution in [1.29, 1.82) is 0 Å². The van der Waals surface area contributed by atoms with Crippen molar-refractivity contribution in [1.82, 2.24) is 0 Å². The number of hydrogen-bond donors (Lipinski definition) is 1. The Morgan fingerprint density at radius 2 is 1.54 bits per heavy atom. The molecule has 0 radical (unpaired) electrons. The van der Waals surface area contributed by atoms with Crippen molar-refractivity contribution in [2.45, 2.75) is 58.3 Å². The van der Waals surface area contributed by atoms with Crippen LogP contribution in [0.2, 0.25) is 0 Å². The number of phenols is 1. The summed E-state index contributed by atoms with van der Waals surface area (Å²) < 4.78 is 5.82. The Kier molecular flexibility index (Phi) is 6.72. The van der Waals surface area contributed by atoms with Crippen LogP contribution in [0.4, 0.5) is 0 Å². The molecular weight excluding hydrogens is 296 g/mol. The molecule has 2 heteroatoms. The molecule has 0 aliphatic rings. The van der Waals surface area contributed by atoms with Gasteiger partial charge in [-0.15, -0.1) is 0 Å². The lowest BCUT2D eigenvalue weighted by atomic mass is 9.79. The molecule has 2 nitrogen and oxygen atoms in total. The van der Waals surface area contributed by atoms with E-state index in [0.29, 0.717) is 5.75 Å². The van der Waals surface area contributed by atoms with E-state index >= 15 is 0 Å². The second-order valence-electron chi connectivity index (χ2n) is 7.16. The minimum atomic E-state index is 0.0383. The summed E-state index contributed by atoms with van der Waals surface area (Å²) in [6.45, 7) is 7.52. The predicted octanol–water partition coefficient (Wildman–Crippen LogP) is 5.87. The third kappa shape index (κ3) is 5.59. The van der Waals surface area contributed by atoms with Crippen molar-refractivity contribution >= 4 is 0 Å². The molecule has 130 valence electrons. The van der Waals surface area contributed by atoms with Gasteiger partial charge < -0.3 is 9.84 Å². The number of benzene rings is 2. The van der Waals surface area contributed by atoms with E-state index in [1.807, 2.05) is 12.1 Å². The number of rotatable bonds is 9. The predicted molar refractivity (Wildman–Crippen MR) is 101 cm³/mol. The molecule has 0 fully saturated rings. The van der Waals surface area contributed by atoms with Crippen LogP contribution in [0.1, 0.15) is 57.6 Å². The van der Waals surface area contributed by atoms with Crippen molar-refractivity contribution in [2.75, 3.05) is 6.61 Å². The third-order valence-corrected chi connectivity index (χ3v) is 4.48. The molecule has 0 atom stereocenters. The Morgan fingerprint density at radius 3 is 2.17 bits per heavy atom. The molecule has 0 bridgehead atoms. The molecule has 2 aromatic rings. The second kappa shape index (κ2) is 8.77. The summed E-state index contributed by atoms with van der Waals surface area (Å²) in [4.78, 5) is 0. The smallest absolute Gasteiger partial charge is 0.119 e. The average Bonchev–Trinajstić information content (AvgIpc) is 2.57. The van der Waals surface area contributed by atoms with Crippen molar-refractivity contribution < 1.29 is 9.84 Å². The fourth-order valence-electron chi connectivity index (χ4n) is 2.95. The van der Waals surface area contributed by atoms with Crippen LogP contribution in [0.25, 0.3) is 0 Å². The topological polar surface area (TPSA) is 29.5 Å². The number of aromatic hydroxyl groups is 1. The van der Waals surface area contributed by atoms with Crippen LogP contribution in [0, 0.1) is 0 Å². The highest BCUT2D eigenvalue weighted by molar-refractivity contribution is 5.34. The van der Waals surface area contributed by atoms with E-state index < -0.39 is 0 Å². The monoisotopic (exact) mass is 326 g/mol. The number of ether oxygens (including phenoxy) is 1. The van der Waals surface area contributed by atoms with Crippen LogP contribution in [0.15, 0.2) is 48.5 Å². The molecule has 0 amide bonds. The van der Waals surface area contributed by atoms with Crippen molar-refractivity contribution in [3.05, 3.63) is 59.7 Å². The lowest BCUT2D eigenvalue weighted by molar-refractivity contribution is 0.305. The highest BCUT2D eigenvalue weighted by Gasteiger charge is 2.21. The number of unbranched alkanes of at least 4 members (excludes halogenated alkanes) is 3. The zero-order valence-electron chi connectivity index (χ0n) is 15.2. The van der Waals surface area contributed by atoms with Crippen LogP contribution in [-0.4, -0.2) is 11.7 Å². The minimum absolute atomic E-state index is 0.0383. The molecule has 0 aliphatic carbocycles. The van der Waals surface area contributed by atoms with Gasteiger partial charge in [-0.25, -0.2) is 0 Å². The van der Waals surface area contributed by atoms with Gasteiger partial charge in [0, 0.05) is 0 Å². The van der Waals surface area contributed by atoms with Crippen LogP contribution < -0.4 is 4.74 Å². The molecule has 1 N–H and O–H groups in total. The highest BCUT2D eigenvalue weighted by atomic mass is 16.5. The van der Waals surface area contributed by atoms with Crippen LogP contribution in [-0.2, 0) is 11.8 Å². The number of phenolic OH excluding ortho intramolecular Hbond substituents is 1. The van der Waals surface area contributed by atoms with E-state index in [9.17, 15) is 5.11 Å². The summed E-state index contributed by atoms with van der Waals surface area (Å²) in [6.07, 6.45) is 5.85. The van der Waals surface area contributed by atoms with E-state index in [-0.39, 0.29) is 5.41 Å². The van der Waals surface area contributed by atoms with E-state index in [1.54, 1.807) is 12.1 Å². The molecule has 0 aromatic heterocycles. The fourth-order valence-corrected chi connectivity index (χ4v) is 2.95. The zero-order valence-corrected chi connectivity index (χ0v) is 15.2. The average molecular weight is 326 g/mol. The largest absolute Gasteiger partial charge is 0.508 e. The molecule has 0 aliphatic heterocycles. The maximum absolute atomic E-state index is 9.41. The molecule has 0 saturated carbocycles. The molecule has 2 aromatic carbocycles. The summed E-state index contributed by atoms with van der Waals surface area (Å²) in [5.41, 5.74) is 2.57. The van der Waals surface area contributed by atoms with Gasteiger partial charge >= 0.3 is 0 Å². The van der Waals surface area contributed by atoms with Crippen molar-refractivity contribution in [2.24, 2.45) is 0 Å². The molecule has 0 spiro atoms. The quantitative estimate of drug-likeness (QED) is 0.584. The van der Waals surface area contributed by atoms with Crippen molar-refractivity contribution in [3.8, 4) is 11.5 Å². The van der Waals surface area contributed by atoms with Crippen LogP contribution >= 0.6 is 0 Å². The molecule has 24 heavy (non-hydrogen) atoms. The second-order valence-corrected chi connectivity index (χ2v) is 7.16. The van der Waals surface area contributed by atoms with Gasteiger partial charge in [0.15, 0.2) is 0 Å². The Bertz CT molecular complexity index is 597. The van der Waals surface area contributed by atoms with Gasteiger partial charge in [0.1, 0.15) is 11.5 Å². The van der Waals surface area contributed by atoms with Crippen LogP contribution in [0.5, 0.6) is 11.5 Å². The van der Waals surface area contributed by atoms with Crippen molar-refractivity contribution in [3.63, 3.8) is 0 Å². The summed E-state index contributed by atoms with van der Waals surface area (Å²) in [6, 6.07) is 16.0. The Hall–Kier alpha value is -1.96. The molecular formula is C22H30O2. The van der Waals surface area contributed by atoms with Gasteiger partial charge in [0.2, 0.25) is 0 Å². The Morgan fingerprint density at radius 1 is 0.875 bits per heavy atom. The first kappa shape index (κ1) is 18.4. The standard InChI is InChI=1S/C22H30O2/c1-4-5-6-7-16-24-21-14-10-19(11-15-21)22(2,3)17-18-8-12-20(23)13-9-18/h8-15,23H,4-7,16-17H2,1-3H3. The molecule has 2 rings (SSSR count). The lowest BCUT2D eigenvalue weighted by Gasteiger charge is -2.26. The maximum Gasteiger partial charge on any atom is 0.119 e. The molecule has 0 saturated heterocycles. The molecule has 0 heterocycles. The van der Waals surface area contributed by atoms with E-state index in [2.05, 4.69) is 45.0 Å². The maximum atomic E-state index is 9.41. The zero-order chi connectivity index (χ0) is 17.4. The molecule has 0 unspecified atom stereocenters. The normalized spacial score (nSPS) is 11.5. The van der Waals surface area contributed by atoms with E-state index in [0.717, 1.165) is 25.2 Å². The Labute approximate surface area is 146 Å². The Balaban J connectivity index is 1.91. The van der Waals surface area contributed by atoms with Gasteiger partial charge in [0.25, 0.3) is 0 Å². The third-order valence-electron chi connectivity index (χ3n) is 4.48. The lowest BCUT2D eigenvalue weighted by Crippen LogP contribution is -2.20. The first-order valence-corrected chi connectivity index (χ1v) is 9.02. The summed E-state index contributed by atoms with van der Waals surface area (Å²) in [7, 11) is 0. The SMILES string of the molecule is CCCCCCOc1ccc(C(C)(C)Cc2ccc(O)cc2)cc1.